The third kappa shape index (κ3) is 4.03. The molecule has 0 saturated carbocycles. The van der Waals surface area contributed by atoms with Crippen molar-refractivity contribution in [3.05, 3.63) is 65.6 Å². The van der Waals surface area contributed by atoms with E-state index < -0.39 is 6.04 Å². The second kappa shape index (κ2) is 8.21. The zero-order valence-electron chi connectivity index (χ0n) is 16.5. The summed E-state index contributed by atoms with van der Waals surface area (Å²) in [7, 11) is 0. The SMILES string of the molecule is Cc1ccccc1C(=O)NC(C(=O)NC(C)c1nnc2ccccn12)C(C)C. The van der Waals surface area contributed by atoms with Gasteiger partial charge in [-0.25, -0.2) is 0 Å². The van der Waals surface area contributed by atoms with Gasteiger partial charge < -0.3 is 10.6 Å². The number of amides is 2. The third-order valence-electron chi connectivity index (χ3n) is 4.71. The topological polar surface area (TPSA) is 88.4 Å². The molecule has 0 saturated heterocycles. The first-order valence-electron chi connectivity index (χ1n) is 9.35. The Bertz CT molecular complexity index is 995. The molecule has 0 aliphatic heterocycles. The third-order valence-corrected chi connectivity index (χ3v) is 4.71. The predicted octanol–water partition coefficient (Wildman–Crippen LogP) is 2.67. The predicted molar refractivity (Wildman–Crippen MR) is 107 cm³/mol. The Kier molecular flexibility index (Phi) is 5.73. The van der Waals surface area contributed by atoms with Crippen LogP contribution in [0.3, 0.4) is 0 Å². The van der Waals surface area contributed by atoms with E-state index in [0.29, 0.717) is 17.0 Å². The van der Waals surface area contributed by atoms with Gasteiger partial charge in [0.1, 0.15) is 6.04 Å². The number of nitrogens with zero attached hydrogens (tertiary/aromatic N) is 3. The van der Waals surface area contributed by atoms with Gasteiger partial charge in [-0.05, 0) is 43.5 Å². The van der Waals surface area contributed by atoms with Crippen LogP contribution in [0.2, 0.25) is 0 Å². The van der Waals surface area contributed by atoms with Gasteiger partial charge in [-0.1, -0.05) is 38.1 Å². The first kappa shape index (κ1) is 19.5. The highest BCUT2D eigenvalue weighted by Crippen LogP contribution is 2.14. The molecule has 7 heteroatoms. The van der Waals surface area contributed by atoms with Crippen molar-refractivity contribution in [1.29, 1.82) is 0 Å². The number of carbonyl (C=O) groups excluding carboxylic acids is 2. The first-order valence-corrected chi connectivity index (χ1v) is 9.35. The molecule has 3 rings (SSSR count). The van der Waals surface area contributed by atoms with Gasteiger partial charge in [-0.15, -0.1) is 10.2 Å². The summed E-state index contributed by atoms with van der Waals surface area (Å²) < 4.78 is 1.83. The highest BCUT2D eigenvalue weighted by atomic mass is 16.2. The number of rotatable bonds is 6. The van der Waals surface area contributed by atoms with E-state index in [2.05, 4.69) is 20.8 Å². The van der Waals surface area contributed by atoms with Crippen LogP contribution >= 0.6 is 0 Å². The molecule has 3 aromatic rings. The smallest absolute Gasteiger partial charge is 0.252 e. The van der Waals surface area contributed by atoms with Gasteiger partial charge in [0.2, 0.25) is 5.91 Å². The Morgan fingerprint density at radius 3 is 2.39 bits per heavy atom. The molecule has 2 amide bonds. The summed E-state index contributed by atoms with van der Waals surface area (Å²) in [5.74, 6) is 0.0524. The minimum absolute atomic E-state index is 0.0738. The summed E-state index contributed by atoms with van der Waals surface area (Å²) in [4.78, 5) is 25.6. The maximum Gasteiger partial charge on any atom is 0.252 e. The maximum atomic E-state index is 12.9. The zero-order chi connectivity index (χ0) is 20.3. The lowest BCUT2D eigenvalue weighted by molar-refractivity contribution is -0.124. The Morgan fingerprint density at radius 2 is 1.68 bits per heavy atom. The summed E-state index contributed by atoms with van der Waals surface area (Å²) in [6.07, 6.45) is 1.85. The van der Waals surface area contributed by atoms with Crippen molar-refractivity contribution in [2.75, 3.05) is 0 Å². The van der Waals surface area contributed by atoms with Crippen LogP contribution in [0.1, 0.15) is 48.6 Å². The summed E-state index contributed by atoms with van der Waals surface area (Å²) in [5.41, 5.74) is 2.15. The number of aryl methyl sites for hydroxylation is 1. The molecule has 2 N–H and O–H groups in total. The Balaban J connectivity index is 1.74. The van der Waals surface area contributed by atoms with E-state index in [0.717, 1.165) is 5.56 Å². The van der Waals surface area contributed by atoms with Gasteiger partial charge in [0, 0.05) is 11.8 Å². The number of benzene rings is 1. The van der Waals surface area contributed by atoms with Crippen molar-refractivity contribution in [3.8, 4) is 0 Å². The van der Waals surface area contributed by atoms with Crippen LogP contribution in [0.15, 0.2) is 48.7 Å². The van der Waals surface area contributed by atoms with Gasteiger partial charge >= 0.3 is 0 Å². The quantitative estimate of drug-likeness (QED) is 0.689. The van der Waals surface area contributed by atoms with Crippen LogP contribution in [0.4, 0.5) is 0 Å². The van der Waals surface area contributed by atoms with Crippen LogP contribution in [-0.4, -0.2) is 32.5 Å². The van der Waals surface area contributed by atoms with Crippen molar-refractivity contribution in [3.63, 3.8) is 0 Å². The molecule has 2 unspecified atom stereocenters. The van der Waals surface area contributed by atoms with Crippen LogP contribution in [0.25, 0.3) is 5.65 Å². The van der Waals surface area contributed by atoms with Crippen molar-refractivity contribution in [2.45, 2.75) is 39.8 Å². The number of fused-ring (bicyclic) bond motifs is 1. The molecule has 2 atom stereocenters. The maximum absolute atomic E-state index is 12.9. The van der Waals surface area contributed by atoms with E-state index in [1.54, 1.807) is 6.07 Å². The largest absolute Gasteiger partial charge is 0.345 e. The molecule has 28 heavy (non-hydrogen) atoms. The second-order valence-electron chi connectivity index (χ2n) is 7.23. The van der Waals surface area contributed by atoms with E-state index in [1.807, 2.05) is 74.7 Å². The molecule has 0 aliphatic carbocycles. The summed E-state index contributed by atoms with van der Waals surface area (Å²) in [6, 6.07) is 11.9. The lowest BCUT2D eigenvalue weighted by atomic mass is 10.0. The fourth-order valence-corrected chi connectivity index (χ4v) is 3.10. The minimum Gasteiger partial charge on any atom is -0.345 e. The molecule has 0 spiro atoms. The first-order chi connectivity index (χ1) is 13.4. The monoisotopic (exact) mass is 379 g/mol. The van der Waals surface area contributed by atoms with Crippen LogP contribution in [-0.2, 0) is 4.79 Å². The van der Waals surface area contributed by atoms with E-state index in [9.17, 15) is 9.59 Å². The minimum atomic E-state index is -0.659. The molecular formula is C21H25N5O2. The van der Waals surface area contributed by atoms with Gasteiger partial charge in [-0.3, -0.25) is 14.0 Å². The normalized spacial score (nSPS) is 13.3. The van der Waals surface area contributed by atoms with Gasteiger partial charge in [0.05, 0.1) is 6.04 Å². The molecule has 0 bridgehead atoms. The lowest BCUT2D eigenvalue weighted by Crippen LogP contribution is -2.50. The Morgan fingerprint density at radius 1 is 0.964 bits per heavy atom. The highest BCUT2D eigenvalue weighted by Gasteiger charge is 2.27. The molecule has 2 heterocycles. The fourth-order valence-electron chi connectivity index (χ4n) is 3.10. The number of hydrogen-bond acceptors (Lipinski definition) is 4. The zero-order valence-corrected chi connectivity index (χ0v) is 16.5. The van der Waals surface area contributed by atoms with Crippen LogP contribution in [0, 0.1) is 12.8 Å². The number of pyridine rings is 1. The molecule has 1 aromatic carbocycles. The van der Waals surface area contributed by atoms with Gasteiger partial charge in [0.15, 0.2) is 11.5 Å². The van der Waals surface area contributed by atoms with E-state index in [1.165, 1.54) is 0 Å². The van der Waals surface area contributed by atoms with E-state index >= 15 is 0 Å². The molecule has 0 aliphatic rings. The average Bonchev–Trinajstić information content (AvgIpc) is 3.10. The van der Waals surface area contributed by atoms with Crippen molar-refractivity contribution < 1.29 is 9.59 Å². The van der Waals surface area contributed by atoms with E-state index in [-0.39, 0.29) is 23.8 Å². The molecule has 146 valence electrons. The Hall–Kier alpha value is -3.22. The molecular weight excluding hydrogens is 354 g/mol. The number of carbonyl (C=O) groups is 2. The molecule has 2 aromatic heterocycles. The highest BCUT2D eigenvalue weighted by molar-refractivity contribution is 5.98. The number of nitrogens with one attached hydrogen (secondary N) is 2. The standard InChI is InChI=1S/C21H25N5O2/c1-13(2)18(23-20(27)16-10-6-5-9-14(16)3)21(28)22-15(4)19-25-24-17-11-7-8-12-26(17)19/h5-13,15,18H,1-4H3,(H,22,28)(H,23,27). The van der Waals surface area contributed by atoms with Crippen LogP contribution < -0.4 is 10.6 Å². The average molecular weight is 379 g/mol. The van der Waals surface area contributed by atoms with E-state index in [4.69, 9.17) is 0 Å². The Labute approximate surface area is 164 Å². The summed E-state index contributed by atoms with van der Waals surface area (Å²) >= 11 is 0. The summed E-state index contributed by atoms with van der Waals surface area (Å²) in [5, 5.41) is 14.1. The summed E-state index contributed by atoms with van der Waals surface area (Å²) in [6.45, 7) is 7.53. The lowest BCUT2D eigenvalue weighted by Gasteiger charge is -2.24. The second-order valence-corrected chi connectivity index (χ2v) is 7.23. The van der Waals surface area contributed by atoms with Gasteiger partial charge in [-0.2, -0.15) is 0 Å². The van der Waals surface area contributed by atoms with Crippen molar-refractivity contribution in [1.82, 2.24) is 25.2 Å². The number of hydrogen-bond donors (Lipinski definition) is 2. The number of aromatic nitrogens is 3. The van der Waals surface area contributed by atoms with Crippen LogP contribution in [0.5, 0.6) is 0 Å². The van der Waals surface area contributed by atoms with Crippen molar-refractivity contribution in [2.24, 2.45) is 5.92 Å². The fraction of sp³-hybridized carbons (Fsp3) is 0.333. The molecule has 0 radical (unpaired) electrons. The van der Waals surface area contributed by atoms with Crippen molar-refractivity contribution >= 4 is 17.5 Å². The van der Waals surface area contributed by atoms with Gasteiger partial charge in [0.25, 0.3) is 5.91 Å². The molecule has 7 nitrogen and oxygen atoms in total. The molecule has 0 fully saturated rings.